The van der Waals surface area contributed by atoms with Crippen LogP contribution in [0.25, 0.3) is 10.9 Å². The zero-order valence-corrected chi connectivity index (χ0v) is 8.13. The third-order valence-corrected chi connectivity index (χ3v) is 2.40. The lowest BCUT2D eigenvalue weighted by molar-refractivity contribution is -0.105. The lowest BCUT2D eigenvalue weighted by atomic mass is 10.2. The predicted molar refractivity (Wildman–Crippen MR) is 53.5 cm³/mol. The number of nitrogens with one attached hydrogen (secondary N) is 2. The van der Waals surface area contributed by atoms with Crippen LogP contribution in [0.4, 0.5) is 5.69 Å². The molecule has 2 aromatic rings. The number of aromatic nitrogens is 2. The highest BCUT2D eigenvalue weighted by Gasteiger charge is 2.02. The molecule has 0 radical (unpaired) electrons. The van der Waals surface area contributed by atoms with E-state index in [1.807, 2.05) is 12.1 Å². The Balaban J connectivity index is 2.62. The third-order valence-electron chi connectivity index (χ3n) is 1.74. The van der Waals surface area contributed by atoms with Crippen molar-refractivity contribution in [2.24, 2.45) is 0 Å². The van der Waals surface area contributed by atoms with E-state index >= 15 is 0 Å². The average molecular weight is 240 g/mol. The molecule has 0 aliphatic rings. The van der Waals surface area contributed by atoms with Crippen molar-refractivity contribution < 1.29 is 4.79 Å². The first-order valence-corrected chi connectivity index (χ1v) is 4.43. The number of fused-ring (bicyclic) bond motifs is 1. The van der Waals surface area contributed by atoms with Crippen molar-refractivity contribution >= 4 is 38.9 Å². The SMILES string of the molecule is O=CNc1cc2[nH]ncc2cc1Br. The number of H-pyrrole nitrogens is 1. The van der Waals surface area contributed by atoms with Gasteiger partial charge in [0.15, 0.2) is 0 Å². The van der Waals surface area contributed by atoms with Crippen LogP contribution in [0.2, 0.25) is 0 Å². The molecule has 0 aliphatic heterocycles. The van der Waals surface area contributed by atoms with Gasteiger partial charge in [0.2, 0.25) is 6.41 Å². The molecule has 1 aromatic heterocycles. The molecule has 1 aromatic carbocycles. The standard InChI is InChI=1S/C8H6BrN3O/c9-6-1-5-3-11-12-7(5)2-8(6)10-4-13/h1-4H,(H,10,13)(H,11,12). The molecule has 0 fully saturated rings. The van der Waals surface area contributed by atoms with Gasteiger partial charge in [0.05, 0.1) is 17.4 Å². The highest BCUT2D eigenvalue weighted by molar-refractivity contribution is 9.10. The number of hydrogen-bond acceptors (Lipinski definition) is 2. The Kier molecular flexibility index (Phi) is 2.02. The summed E-state index contributed by atoms with van der Waals surface area (Å²) in [5.74, 6) is 0. The second kappa shape index (κ2) is 3.18. The maximum Gasteiger partial charge on any atom is 0.211 e. The second-order valence-electron chi connectivity index (χ2n) is 2.55. The number of amides is 1. The van der Waals surface area contributed by atoms with Gasteiger partial charge < -0.3 is 5.32 Å². The van der Waals surface area contributed by atoms with Crippen LogP contribution in [0.15, 0.2) is 22.8 Å². The summed E-state index contributed by atoms with van der Waals surface area (Å²) in [6.07, 6.45) is 2.37. The predicted octanol–water partition coefficient (Wildman–Crippen LogP) is 1.89. The summed E-state index contributed by atoms with van der Waals surface area (Å²) < 4.78 is 0.841. The Bertz CT molecular complexity index is 452. The minimum Gasteiger partial charge on any atom is -0.328 e. The van der Waals surface area contributed by atoms with Gasteiger partial charge in [-0.3, -0.25) is 9.89 Å². The fourth-order valence-corrected chi connectivity index (χ4v) is 1.61. The van der Waals surface area contributed by atoms with E-state index in [2.05, 4.69) is 31.4 Å². The van der Waals surface area contributed by atoms with Crippen LogP contribution in [0.5, 0.6) is 0 Å². The summed E-state index contributed by atoms with van der Waals surface area (Å²) in [6.45, 7) is 0. The van der Waals surface area contributed by atoms with Gasteiger partial charge in [-0.15, -0.1) is 0 Å². The molecule has 5 heteroatoms. The summed E-state index contributed by atoms with van der Waals surface area (Å²) in [4.78, 5) is 10.2. The number of aromatic amines is 1. The molecule has 0 atom stereocenters. The maximum absolute atomic E-state index is 10.2. The number of nitrogens with zero attached hydrogens (tertiary/aromatic N) is 1. The van der Waals surface area contributed by atoms with Crippen molar-refractivity contribution in [1.82, 2.24) is 10.2 Å². The van der Waals surface area contributed by atoms with Gasteiger partial charge in [-0.25, -0.2) is 0 Å². The van der Waals surface area contributed by atoms with Crippen molar-refractivity contribution in [1.29, 1.82) is 0 Å². The molecule has 0 unspecified atom stereocenters. The molecular weight excluding hydrogens is 234 g/mol. The van der Waals surface area contributed by atoms with E-state index in [9.17, 15) is 4.79 Å². The van der Waals surface area contributed by atoms with E-state index in [0.29, 0.717) is 6.41 Å². The monoisotopic (exact) mass is 239 g/mol. The molecule has 2 rings (SSSR count). The number of carbonyl (C=O) groups excluding carboxylic acids is 1. The number of hydrogen-bond donors (Lipinski definition) is 2. The first kappa shape index (κ1) is 8.25. The van der Waals surface area contributed by atoms with Crippen molar-refractivity contribution in [3.05, 3.63) is 22.8 Å². The van der Waals surface area contributed by atoms with E-state index < -0.39 is 0 Å². The van der Waals surface area contributed by atoms with Gasteiger partial charge in [-0.05, 0) is 28.1 Å². The third kappa shape index (κ3) is 1.42. The van der Waals surface area contributed by atoms with Crippen LogP contribution in [-0.2, 0) is 4.79 Å². The fraction of sp³-hybridized carbons (Fsp3) is 0. The maximum atomic E-state index is 10.2. The Labute approximate surface area is 82.5 Å². The van der Waals surface area contributed by atoms with Crippen LogP contribution in [0.3, 0.4) is 0 Å². The molecule has 0 saturated heterocycles. The second-order valence-corrected chi connectivity index (χ2v) is 3.41. The first-order chi connectivity index (χ1) is 6.31. The van der Waals surface area contributed by atoms with Crippen LogP contribution >= 0.6 is 15.9 Å². The molecule has 2 N–H and O–H groups in total. The molecule has 13 heavy (non-hydrogen) atoms. The van der Waals surface area contributed by atoms with Crippen molar-refractivity contribution in [2.45, 2.75) is 0 Å². The Hall–Kier alpha value is -1.36. The lowest BCUT2D eigenvalue weighted by Gasteiger charge is -2.01. The van der Waals surface area contributed by atoms with Crippen molar-refractivity contribution in [3.8, 4) is 0 Å². The van der Waals surface area contributed by atoms with Gasteiger partial charge in [-0.1, -0.05) is 0 Å². The quantitative estimate of drug-likeness (QED) is 0.787. The normalized spacial score (nSPS) is 10.2. The summed E-state index contributed by atoms with van der Waals surface area (Å²) in [7, 11) is 0. The summed E-state index contributed by atoms with van der Waals surface area (Å²) in [6, 6.07) is 3.71. The number of halogens is 1. The van der Waals surface area contributed by atoms with E-state index in [4.69, 9.17) is 0 Å². The van der Waals surface area contributed by atoms with Gasteiger partial charge in [0.1, 0.15) is 0 Å². The number of benzene rings is 1. The van der Waals surface area contributed by atoms with E-state index in [-0.39, 0.29) is 0 Å². The Morgan fingerprint density at radius 2 is 2.38 bits per heavy atom. The van der Waals surface area contributed by atoms with Gasteiger partial charge >= 0.3 is 0 Å². The van der Waals surface area contributed by atoms with E-state index in [0.717, 1.165) is 21.1 Å². The number of rotatable bonds is 2. The van der Waals surface area contributed by atoms with E-state index in [1.165, 1.54) is 0 Å². The molecular formula is C8H6BrN3O. The molecule has 0 saturated carbocycles. The zero-order valence-electron chi connectivity index (χ0n) is 6.54. The Morgan fingerprint density at radius 1 is 1.54 bits per heavy atom. The molecule has 66 valence electrons. The average Bonchev–Trinajstić information content (AvgIpc) is 2.52. The fourth-order valence-electron chi connectivity index (χ4n) is 1.14. The van der Waals surface area contributed by atoms with Crippen LogP contribution in [0.1, 0.15) is 0 Å². The number of anilines is 1. The smallest absolute Gasteiger partial charge is 0.211 e. The van der Waals surface area contributed by atoms with E-state index in [1.54, 1.807) is 6.20 Å². The Morgan fingerprint density at radius 3 is 3.15 bits per heavy atom. The highest BCUT2D eigenvalue weighted by atomic mass is 79.9. The molecule has 4 nitrogen and oxygen atoms in total. The zero-order chi connectivity index (χ0) is 9.26. The minimum absolute atomic E-state index is 0.641. The lowest BCUT2D eigenvalue weighted by Crippen LogP contribution is -1.94. The molecule has 0 spiro atoms. The van der Waals surface area contributed by atoms with Crippen LogP contribution in [-0.4, -0.2) is 16.6 Å². The van der Waals surface area contributed by atoms with Gasteiger partial charge in [-0.2, -0.15) is 5.10 Å². The molecule has 0 aliphatic carbocycles. The molecule has 0 bridgehead atoms. The van der Waals surface area contributed by atoms with Crippen LogP contribution in [0, 0.1) is 0 Å². The summed E-state index contributed by atoms with van der Waals surface area (Å²) >= 11 is 3.34. The largest absolute Gasteiger partial charge is 0.328 e. The first-order valence-electron chi connectivity index (χ1n) is 3.64. The number of carbonyl (C=O) groups is 1. The summed E-state index contributed by atoms with van der Waals surface area (Å²) in [5, 5.41) is 10.3. The molecule has 1 amide bonds. The molecule has 1 heterocycles. The summed E-state index contributed by atoms with van der Waals surface area (Å²) in [5.41, 5.74) is 1.62. The van der Waals surface area contributed by atoms with Crippen molar-refractivity contribution in [3.63, 3.8) is 0 Å². The highest BCUT2D eigenvalue weighted by Crippen LogP contribution is 2.26. The minimum atomic E-state index is 0.641. The van der Waals surface area contributed by atoms with Crippen molar-refractivity contribution in [2.75, 3.05) is 5.32 Å². The van der Waals surface area contributed by atoms with Crippen LogP contribution < -0.4 is 5.32 Å². The van der Waals surface area contributed by atoms with Gasteiger partial charge in [0, 0.05) is 9.86 Å². The topological polar surface area (TPSA) is 57.8 Å². The van der Waals surface area contributed by atoms with Gasteiger partial charge in [0.25, 0.3) is 0 Å².